The molecule has 0 fully saturated rings. The third kappa shape index (κ3) is 8.05. The van der Waals surface area contributed by atoms with Crippen molar-refractivity contribution in [1.82, 2.24) is 10.7 Å². The molecule has 0 saturated carbocycles. The van der Waals surface area contributed by atoms with Crippen LogP contribution in [0.25, 0.3) is 0 Å². The molecular weight excluding hydrogens is 510 g/mol. The molecule has 0 aliphatic heterocycles. The molecule has 2 rings (SSSR count). The van der Waals surface area contributed by atoms with Crippen molar-refractivity contribution in [1.29, 1.82) is 0 Å². The number of rotatable bonds is 11. The van der Waals surface area contributed by atoms with E-state index in [1.807, 2.05) is 19.9 Å². The lowest BCUT2D eigenvalue weighted by Crippen LogP contribution is -2.48. The van der Waals surface area contributed by atoms with E-state index in [4.69, 9.17) is 21.1 Å². The third-order valence-corrected chi connectivity index (χ3v) is 5.57. The van der Waals surface area contributed by atoms with Crippen molar-refractivity contribution in [2.75, 3.05) is 13.7 Å². The van der Waals surface area contributed by atoms with Crippen LogP contribution in [0.5, 0.6) is 11.5 Å². The molecule has 1 atom stereocenters. The van der Waals surface area contributed by atoms with Gasteiger partial charge in [0.1, 0.15) is 6.04 Å². The fourth-order valence-corrected chi connectivity index (χ4v) is 3.57. The fourth-order valence-electron chi connectivity index (χ4n) is 2.87. The van der Waals surface area contributed by atoms with Crippen LogP contribution < -0.4 is 20.2 Å². The summed E-state index contributed by atoms with van der Waals surface area (Å²) in [5.74, 6) is 0.247. The molecule has 0 radical (unpaired) electrons. The van der Waals surface area contributed by atoms with Gasteiger partial charge in [-0.2, -0.15) is 5.10 Å². The number of nitrogens with zero attached hydrogens (tertiary/aromatic N) is 1. The molecule has 0 aromatic heterocycles. The van der Waals surface area contributed by atoms with Crippen LogP contribution in [-0.2, 0) is 4.79 Å². The van der Waals surface area contributed by atoms with Crippen LogP contribution in [0.1, 0.15) is 49.5 Å². The number of hydrogen-bond acceptors (Lipinski definition) is 5. The summed E-state index contributed by atoms with van der Waals surface area (Å²) in [4.78, 5) is 25.2. The van der Waals surface area contributed by atoms with Gasteiger partial charge in [-0.3, -0.25) is 9.59 Å². The summed E-state index contributed by atoms with van der Waals surface area (Å²) in [5, 5.41) is 7.33. The Morgan fingerprint density at radius 3 is 2.52 bits per heavy atom. The van der Waals surface area contributed by atoms with E-state index in [0.717, 1.165) is 17.3 Å². The Bertz CT molecular complexity index is 980. The fraction of sp³-hybridized carbons (Fsp3) is 0.375. The van der Waals surface area contributed by atoms with Gasteiger partial charge in [0.2, 0.25) is 0 Å². The molecule has 0 spiro atoms. The Balaban J connectivity index is 2.05. The number of carbonyl (C=O) groups is 2. The largest absolute Gasteiger partial charge is 0.493 e. The topological polar surface area (TPSA) is 89.0 Å². The summed E-state index contributed by atoms with van der Waals surface area (Å²) >= 11 is 9.37. The van der Waals surface area contributed by atoms with E-state index >= 15 is 0 Å². The monoisotopic (exact) mass is 537 g/mol. The highest BCUT2D eigenvalue weighted by Gasteiger charge is 2.24. The molecule has 9 heteroatoms. The summed E-state index contributed by atoms with van der Waals surface area (Å²) in [6.07, 6.45) is 3.47. The molecule has 0 heterocycles. The number of carbonyl (C=O) groups excluding carboxylic acids is 2. The Labute approximate surface area is 208 Å². The molecule has 2 aromatic rings. The number of halogens is 2. The first-order valence-corrected chi connectivity index (χ1v) is 11.8. The number of ether oxygens (including phenoxy) is 2. The van der Waals surface area contributed by atoms with Crippen molar-refractivity contribution >= 4 is 45.6 Å². The molecule has 0 saturated heterocycles. The predicted molar refractivity (Wildman–Crippen MR) is 134 cm³/mol. The molecule has 2 aromatic carbocycles. The lowest BCUT2D eigenvalue weighted by atomic mass is 10.0. The molecule has 1 unspecified atom stereocenters. The van der Waals surface area contributed by atoms with Crippen LogP contribution in [0, 0.1) is 5.92 Å². The maximum Gasteiger partial charge on any atom is 0.262 e. The van der Waals surface area contributed by atoms with E-state index < -0.39 is 11.9 Å². The van der Waals surface area contributed by atoms with E-state index in [0.29, 0.717) is 34.3 Å². The summed E-state index contributed by atoms with van der Waals surface area (Å²) in [7, 11) is 1.56. The molecule has 0 aliphatic rings. The minimum Gasteiger partial charge on any atom is -0.493 e. The van der Waals surface area contributed by atoms with Gasteiger partial charge in [0.05, 0.1) is 24.4 Å². The Hall–Kier alpha value is -2.58. The number of hydrogen-bond donors (Lipinski definition) is 2. The van der Waals surface area contributed by atoms with Gasteiger partial charge in [0.25, 0.3) is 11.8 Å². The quantitative estimate of drug-likeness (QED) is 0.234. The zero-order valence-corrected chi connectivity index (χ0v) is 21.5. The second kappa shape index (κ2) is 13.2. The van der Waals surface area contributed by atoms with Gasteiger partial charge >= 0.3 is 0 Å². The zero-order chi connectivity index (χ0) is 24.4. The second-order valence-corrected chi connectivity index (χ2v) is 8.96. The Morgan fingerprint density at radius 2 is 1.91 bits per heavy atom. The van der Waals surface area contributed by atoms with Crippen LogP contribution in [0.3, 0.4) is 0 Å². The lowest BCUT2D eigenvalue weighted by molar-refractivity contribution is -0.123. The average molecular weight is 539 g/mol. The lowest BCUT2D eigenvalue weighted by Gasteiger charge is -2.20. The van der Waals surface area contributed by atoms with Gasteiger partial charge in [-0.05, 0) is 70.2 Å². The number of nitrogens with one attached hydrogen (secondary N) is 2. The average Bonchev–Trinajstić information content (AvgIpc) is 2.78. The number of methoxy groups -OCH3 is 1. The minimum absolute atomic E-state index is 0.148. The normalized spacial score (nSPS) is 12.0. The van der Waals surface area contributed by atoms with Crippen molar-refractivity contribution in [2.24, 2.45) is 11.0 Å². The predicted octanol–water partition coefficient (Wildman–Crippen LogP) is 5.19. The summed E-state index contributed by atoms with van der Waals surface area (Å²) < 4.78 is 12.0. The van der Waals surface area contributed by atoms with Crippen LogP contribution in [0.15, 0.2) is 46.0 Å². The second-order valence-electron chi connectivity index (χ2n) is 7.67. The van der Waals surface area contributed by atoms with Crippen LogP contribution in [-0.4, -0.2) is 37.8 Å². The molecule has 7 nitrogen and oxygen atoms in total. The maximum absolute atomic E-state index is 12.7. The van der Waals surface area contributed by atoms with Gasteiger partial charge in [0, 0.05) is 10.6 Å². The Morgan fingerprint density at radius 1 is 1.21 bits per heavy atom. The summed E-state index contributed by atoms with van der Waals surface area (Å²) in [6.45, 7) is 6.37. The molecule has 0 aliphatic carbocycles. The number of hydrazone groups is 1. The van der Waals surface area contributed by atoms with E-state index in [2.05, 4.69) is 38.7 Å². The highest BCUT2D eigenvalue weighted by atomic mass is 79.9. The number of benzene rings is 2. The number of amides is 2. The first-order valence-electron chi connectivity index (χ1n) is 10.7. The highest BCUT2D eigenvalue weighted by Crippen LogP contribution is 2.36. The van der Waals surface area contributed by atoms with Crippen LogP contribution >= 0.6 is 27.5 Å². The zero-order valence-electron chi connectivity index (χ0n) is 19.2. The third-order valence-electron chi connectivity index (χ3n) is 4.73. The minimum atomic E-state index is -0.763. The first kappa shape index (κ1) is 26.7. The Kier molecular flexibility index (Phi) is 10.7. The van der Waals surface area contributed by atoms with E-state index in [1.54, 1.807) is 37.4 Å². The SMILES string of the molecule is CCCCOc1c(Br)cc(C=NNC(=O)C(NC(=O)c2ccc(Cl)cc2)C(C)C)cc1OC. The van der Waals surface area contributed by atoms with Crippen molar-refractivity contribution in [3.63, 3.8) is 0 Å². The maximum atomic E-state index is 12.7. The van der Waals surface area contributed by atoms with Crippen molar-refractivity contribution < 1.29 is 19.1 Å². The highest BCUT2D eigenvalue weighted by molar-refractivity contribution is 9.10. The first-order chi connectivity index (χ1) is 15.8. The van der Waals surface area contributed by atoms with Gasteiger partial charge in [-0.15, -0.1) is 0 Å². The molecule has 2 amide bonds. The molecule has 33 heavy (non-hydrogen) atoms. The van der Waals surface area contributed by atoms with Gasteiger partial charge in [-0.1, -0.05) is 38.8 Å². The number of unbranched alkanes of at least 4 members (excludes halogenated alkanes) is 1. The van der Waals surface area contributed by atoms with Gasteiger partial charge in [0.15, 0.2) is 11.5 Å². The van der Waals surface area contributed by atoms with E-state index in [-0.39, 0.29) is 11.8 Å². The van der Waals surface area contributed by atoms with Gasteiger partial charge < -0.3 is 14.8 Å². The molecular formula is C24H29BrClN3O4. The standard InChI is InChI=1S/C24H29BrClN3O4/c1-5-6-11-33-22-19(25)12-16(13-20(22)32-4)14-27-29-24(31)21(15(2)3)28-23(30)17-7-9-18(26)10-8-17/h7-10,12-15,21H,5-6,11H2,1-4H3,(H,28,30)(H,29,31). The van der Waals surface area contributed by atoms with E-state index in [1.165, 1.54) is 6.21 Å². The smallest absolute Gasteiger partial charge is 0.262 e. The van der Waals surface area contributed by atoms with Crippen molar-refractivity contribution in [2.45, 2.75) is 39.7 Å². The van der Waals surface area contributed by atoms with Gasteiger partial charge in [-0.25, -0.2) is 5.43 Å². The molecule has 0 bridgehead atoms. The summed E-state index contributed by atoms with van der Waals surface area (Å²) in [5.41, 5.74) is 3.62. The van der Waals surface area contributed by atoms with Crippen LogP contribution in [0.4, 0.5) is 0 Å². The van der Waals surface area contributed by atoms with Crippen LogP contribution in [0.2, 0.25) is 5.02 Å². The summed E-state index contributed by atoms with van der Waals surface area (Å²) in [6, 6.07) is 9.28. The van der Waals surface area contributed by atoms with Crippen molar-refractivity contribution in [3.8, 4) is 11.5 Å². The van der Waals surface area contributed by atoms with Crippen molar-refractivity contribution in [3.05, 3.63) is 57.0 Å². The molecule has 178 valence electrons. The van der Waals surface area contributed by atoms with E-state index in [9.17, 15) is 9.59 Å². The molecule has 2 N–H and O–H groups in total.